The second-order valence-electron chi connectivity index (χ2n) is 9.57. The molecule has 1 aliphatic rings. The minimum Gasteiger partial charge on any atom is -0.318 e. The van der Waals surface area contributed by atoms with Crippen molar-refractivity contribution < 1.29 is 14.6 Å². The molecule has 170 valence electrons. The molecular weight excluding hydrogens is 418 g/mol. The van der Waals surface area contributed by atoms with Crippen LogP contribution in [0.15, 0.2) is 53.7 Å². The summed E-state index contributed by atoms with van der Waals surface area (Å²) in [6.07, 6.45) is 1.51. The minimum atomic E-state index is -0.721. The van der Waals surface area contributed by atoms with Crippen LogP contribution in [0.5, 0.6) is 0 Å². The summed E-state index contributed by atoms with van der Waals surface area (Å²) in [5.41, 5.74) is 7.24. The summed E-state index contributed by atoms with van der Waals surface area (Å²) in [5, 5.41) is 15.2. The Labute approximate surface area is 192 Å². The summed E-state index contributed by atoms with van der Waals surface area (Å²) in [6, 6.07) is 14.0. The Morgan fingerprint density at radius 2 is 1.76 bits per heavy atom. The molecule has 7 heteroatoms. The molecule has 0 atom stereocenters. The summed E-state index contributed by atoms with van der Waals surface area (Å²) in [7, 11) is 0. The van der Waals surface area contributed by atoms with Crippen molar-refractivity contribution in [1.29, 1.82) is 0 Å². The number of nitro benzene ring substituents is 1. The highest BCUT2D eigenvalue weighted by Gasteiger charge is 2.34. The van der Waals surface area contributed by atoms with Crippen LogP contribution in [0.25, 0.3) is 5.69 Å². The summed E-state index contributed by atoms with van der Waals surface area (Å²) in [6.45, 7) is 10.6. The molecule has 0 saturated carbocycles. The van der Waals surface area contributed by atoms with E-state index in [-0.39, 0.29) is 16.7 Å². The first-order valence-corrected chi connectivity index (χ1v) is 10.9. The second kappa shape index (κ2) is 8.31. The standard InChI is InChI=1S/C26H27N3O4/c1-16-9-17(2)11-21(10-16)28-18(3)12-22-23(14-26(4,5)15-24(22)28)27-33-25(30)19-7-6-8-20(13-19)29(31)32/h6-13H,14-15H2,1-5H3/b27-23+. The highest BCUT2D eigenvalue weighted by molar-refractivity contribution is 6.03. The molecule has 0 spiro atoms. The molecular formula is C26H27N3O4. The van der Waals surface area contributed by atoms with Gasteiger partial charge in [-0.15, -0.1) is 0 Å². The SMILES string of the molecule is Cc1cc(C)cc(-n2c(C)cc3c2CC(C)(C)C/C3=N\OC(=O)c2cccc([N+](=O)[O-])c2)c1. The maximum Gasteiger partial charge on any atom is 0.365 e. The summed E-state index contributed by atoms with van der Waals surface area (Å²) < 4.78 is 2.26. The molecule has 1 aromatic heterocycles. The molecule has 33 heavy (non-hydrogen) atoms. The number of nitrogens with zero attached hydrogens (tertiary/aromatic N) is 3. The molecule has 0 N–H and O–H groups in total. The number of oxime groups is 1. The van der Waals surface area contributed by atoms with Crippen molar-refractivity contribution in [3.63, 3.8) is 0 Å². The Hall–Kier alpha value is -3.74. The van der Waals surface area contributed by atoms with Crippen LogP contribution in [-0.2, 0) is 11.3 Å². The number of nitro groups is 1. The van der Waals surface area contributed by atoms with E-state index in [0.717, 1.165) is 29.1 Å². The second-order valence-corrected chi connectivity index (χ2v) is 9.57. The average Bonchev–Trinajstić information content (AvgIpc) is 3.05. The third-order valence-corrected chi connectivity index (χ3v) is 5.89. The maximum atomic E-state index is 12.5. The molecule has 0 fully saturated rings. The van der Waals surface area contributed by atoms with Gasteiger partial charge < -0.3 is 9.40 Å². The van der Waals surface area contributed by atoms with Gasteiger partial charge in [-0.2, -0.15) is 0 Å². The normalized spacial score (nSPS) is 15.8. The monoisotopic (exact) mass is 445 g/mol. The molecule has 0 unspecified atom stereocenters. The first-order chi connectivity index (χ1) is 15.5. The van der Waals surface area contributed by atoms with E-state index in [4.69, 9.17) is 4.84 Å². The first kappa shape index (κ1) is 22.5. The van der Waals surface area contributed by atoms with Gasteiger partial charge in [-0.05, 0) is 74.4 Å². The minimum absolute atomic E-state index is 0.0782. The van der Waals surface area contributed by atoms with Gasteiger partial charge in [0, 0.05) is 34.8 Å². The van der Waals surface area contributed by atoms with Crippen LogP contribution in [0.3, 0.4) is 0 Å². The van der Waals surface area contributed by atoms with E-state index in [9.17, 15) is 14.9 Å². The molecule has 0 aliphatic heterocycles. The number of aryl methyl sites for hydroxylation is 3. The molecule has 1 aliphatic carbocycles. The number of carbonyl (C=O) groups excluding carboxylic acids is 1. The number of non-ortho nitro benzene ring substituents is 1. The van der Waals surface area contributed by atoms with Gasteiger partial charge in [-0.25, -0.2) is 4.79 Å². The lowest BCUT2D eigenvalue weighted by atomic mass is 9.76. The fraction of sp³-hybridized carbons (Fsp3) is 0.308. The fourth-order valence-electron chi connectivity index (χ4n) is 4.59. The third-order valence-electron chi connectivity index (χ3n) is 5.89. The van der Waals surface area contributed by atoms with E-state index in [2.05, 4.69) is 68.6 Å². The lowest BCUT2D eigenvalue weighted by Gasteiger charge is -2.31. The molecule has 0 saturated heterocycles. The zero-order chi connectivity index (χ0) is 23.9. The molecule has 2 aromatic carbocycles. The lowest BCUT2D eigenvalue weighted by molar-refractivity contribution is -0.384. The summed E-state index contributed by atoms with van der Waals surface area (Å²) >= 11 is 0. The van der Waals surface area contributed by atoms with Crippen LogP contribution < -0.4 is 0 Å². The Bertz CT molecular complexity index is 1280. The highest BCUT2D eigenvalue weighted by Crippen LogP contribution is 2.38. The maximum absolute atomic E-state index is 12.5. The number of fused-ring (bicyclic) bond motifs is 1. The van der Waals surface area contributed by atoms with E-state index in [1.165, 1.54) is 35.4 Å². The lowest BCUT2D eigenvalue weighted by Crippen LogP contribution is -2.28. The van der Waals surface area contributed by atoms with Crippen molar-refractivity contribution in [2.45, 2.75) is 47.5 Å². The predicted molar refractivity (Wildman–Crippen MR) is 127 cm³/mol. The number of aromatic nitrogens is 1. The topological polar surface area (TPSA) is 86.7 Å². The number of rotatable bonds is 4. The van der Waals surface area contributed by atoms with Crippen LogP contribution >= 0.6 is 0 Å². The van der Waals surface area contributed by atoms with Crippen molar-refractivity contribution >= 4 is 17.4 Å². The largest absolute Gasteiger partial charge is 0.365 e. The van der Waals surface area contributed by atoms with Crippen molar-refractivity contribution in [3.05, 3.63) is 92.3 Å². The van der Waals surface area contributed by atoms with Crippen molar-refractivity contribution in [2.24, 2.45) is 10.6 Å². The van der Waals surface area contributed by atoms with Crippen molar-refractivity contribution in [2.75, 3.05) is 0 Å². The molecule has 3 aromatic rings. The van der Waals surface area contributed by atoms with Crippen molar-refractivity contribution in [3.8, 4) is 5.69 Å². The fourth-order valence-corrected chi connectivity index (χ4v) is 4.59. The van der Waals surface area contributed by atoms with Gasteiger partial charge in [0.15, 0.2) is 0 Å². The van der Waals surface area contributed by atoms with Crippen LogP contribution in [0.1, 0.15) is 58.7 Å². The molecule has 0 bridgehead atoms. The van der Waals surface area contributed by atoms with Crippen LogP contribution in [0, 0.1) is 36.3 Å². The zero-order valence-electron chi connectivity index (χ0n) is 19.5. The zero-order valence-corrected chi connectivity index (χ0v) is 19.5. The van der Waals surface area contributed by atoms with E-state index in [0.29, 0.717) is 12.1 Å². The molecule has 7 nitrogen and oxygen atoms in total. The van der Waals surface area contributed by atoms with Gasteiger partial charge in [-0.1, -0.05) is 31.1 Å². The molecule has 0 radical (unpaired) electrons. The van der Waals surface area contributed by atoms with Gasteiger partial charge in [-0.3, -0.25) is 10.1 Å². The van der Waals surface area contributed by atoms with Gasteiger partial charge in [0.2, 0.25) is 0 Å². The van der Waals surface area contributed by atoms with Crippen LogP contribution in [-0.4, -0.2) is 21.2 Å². The van der Waals surface area contributed by atoms with Crippen molar-refractivity contribution in [1.82, 2.24) is 4.57 Å². The van der Waals surface area contributed by atoms with Gasteiger partial charge in [0.25, 0.3) is 5.69 Å². The van der Waals surface area contributed by atoms with Gasteiger partial charge >= 0.3 is 5.97 Å². The summed E-state index contributed by atoms with van der Waals surface area (Å²) in [4.78, 5) is 28.3. The van der Waals surface area contributed by atoms with E-state index < -0.39 is 10.9 Å². The number of hydrogen-bond acceptors (Lipinski definition) is 5. The number of carbonyl (C=O) groups is 1. The van der Waals surface area contributed by atoms with Gasteiger partial charge in [0.05, 0.1) is 16.2 Å². The Balaban J connectivity index is 1.72. The van der Waals surface area contributed by atoms with E-state index in [1.54, 1.807) is 0 Å². The van der Waals surface area contributed by atoms with E-state index >= 15 is 0 Å². The first-order valence-electron chi connectivity index (χ1n) is 10.9. The van der Waals surface area contributed by atoms with E-state index in [1.807, 2.05) is 0 Å². The smallest absolute Gasteiger partial charge is 0.318 e. The molecule has 4 rings (SSSR count). The summed E-state index contributed by atoms with van der Waals surface area (Å²) in [5.74, 6) is -0.721. The molecule has 1 heterocycles. The predicted octanol–water partition coefficient (Wildman–Crippen LogP) is 5.84. The quantitative estimate of drug-likeness (QED) is 0.287. The molecule has 0 amide bonds. The Kier molecular flexibility index (Phi) is 5.66. The van der Waals surface area contributed by atoms with Crippen LogP contribution in [0.4, 0.5) is 5.69 Å². The number of hydrogen-bond donors (Lipinski definition) is 0. The van der Waals surface area contributed by atoms with Gasteiger partial charge in [0.1, 0.15) is 0 Å². The Morgan fingerprint density at radius 1 is 1.06 bits per heavy atom. The Morgan fingerprint density at radius 3 is 2.42 bits per heavy atom. The third kappa shape index (κ3) is 4.58. The number of benzene rings is 2. The highest BCUT2D eigenvalue weighted by atomic mass is 16.7. The van der Waals surface area contributed by atoms with Crippen LogP contribution in [0.2, 0.25) is 0 Å². The average molecular weight is 446 g/mol.